The number of aryl methyl sites for hydroxylation is 1. The minimum absolute atomic E-state index is 0.0608. The van der Waals surface area contributed by atoms with Gasteiger partial charge < -0.3 is 10.6 Å². The first kappa shape index (κ1) is 15.1. The van der Waals surface area contributed by atoms with Crippen molar-refractivity contribution in [1.29, 1.82) is 0 Å². The van der Waals surface area contributed by atoms with Crippen LogP contribution in [0.3, 0.4) is 0 Å². The van der Waals surface area contributed by atoms with Gasteiger partial charge in [0, 0.05) is 17.7 Å². The Morgan fingerprint density at radius 2 is 1.83 bits per heavy atom. The molecule has 3 rings (SSSR count). The van der Waals surface area contributed by atoms with Crippen LogP contribution in [0.1, 0.15) is 28.8 Å². The van der Waals surface area contributed by atoms with E-state index in [2.05, 4.69) is 10.6 Å². The molecule has 0 radical (unpaired) electrons. The Kier molecular flexibility index (Phi) is 4.06. The maximum atomic E-state index is 13.6. The molecule has 2 amide bonds. The summed E-state index contributed by atoms with van der Waals surface area (Å²) in [4.78, 5) is 23.7. The number of rotatable bonds is 2. The van der Waals surface area contributed by atoms with E-state index in [1.807, 2.05) is 0 Å². The lowest BCUT2D eigenvalue weighted by atomic mass is 10.0. The predicted molar refractivity (Wildman–Crippen MR) is 82.3 cm³/mol. The molecule has 0 aliphatic carbocycles. The van der Waals surface area contributed by atoms with Crippen molar-refractivity contribution in [3.05, 3.63) is 59.2 Å². The zero-order chi connectivity index (χ0) is 16.4. The van der Waals surface area contributed by atoms with Crippen LogP contribution in [0.4, 0.5) is 20.2 Å². The Morgan fingerprint density at radius 3 is 2.57 bits per heavy atom. The topological polar surface area (TPSA) is 58.2 Å². The van der Waals surface area contributed by atoms with Crippen molar-refractivity contribution in [2.75, 3.05) is 10.6 Å². The van der Waals surface area contributed by atoms with Crippen LogP contribution in [-0.2, 0) is 11.2 Å². The van der Waals surface area contributed by atoms with E-state index < -0.39 is 23.2 Å². The fraction of sp³-hybridized carbons (Fsp3) is 0.176. The monoisotopic (exact) mass is 316 g/mol. The van der Waals surface area contributed by atoms with E-state index in [0.29, 0.717) is 24.9 Å². The Labute approximate surface area is 131 Å². The molecule has 6 heteroatoms. The van der Waals surface area contributed by atoms with Gasteiger partial charge in [0.25, 0.3) is 5.91 Å². The van der Waals surface area contributed by atoms with Gasteiger partial charge in [-0.3, -0.25) is 9.59 Å². The molecule has 0 aromatic heterocycles. The van der Waals surface area contributed by atoms with Crippen molar-refractivity contribution < 1.29 is 18.4 Å². The maximum absolute atomic E-state index is 13.6. The van der Waals surface area contributed by atoms with Crippen LogP contribution < -0.4 is 10.6 Å². The van der Waals surface area contributed by atoms with Crippen LogP contribution in [0, 0.1) is 11.6 Å². The lowest BCUT2D eigenvalue weighted by Gasteiger charge is -2.11. The molecule has 1 aliphatic heterocycles. The molecule has 0 unspecified atom stereocenters. The number of fused-ring (bicyclic) bond motifs is 1. The Hall–Kier alpha value is -2.76. The van der Waals surface area contributed by atoms with Gasteiger partial charge in [0.1, 0.15) is 17.3 Å². The van der Waals surface area contributed by atoms with Crippen molar-refractivity contribution >= 4 is 23.2 Å². The normalized spacial score (nSPS) is 13.7. The second-order valence-corrected chi connectivity index (χ2v) is 5.32. The SMILES string of the molecule is O=C1CCCc2cc(C(=O)Nc3c(F)cccc3F)ccc2N1. The number of carbonyl (C=O) groups excluding carboxylic acids is 2. The average molecular weight is 316 g/mol. The van der Waals surface area contributed by atoms with E-state index in [1.54, 1.807) is 12.1 Å². The summed E-state index contributed by atoms with van der Waals surface area (Å²) < 4.78 is 27.2. The fourth-order valence-electron chi connectivity index (χ4n) is 2.52. The van der Waals surface area contributed by atoms with Crippen molar-refractivity contribution in [2.45, 2.75) is 19.3 Å². The number of carbonyl (C=O) groups is 2. The first-order valence-corrected chi connectivity index (χ1v) is 7.23. The molecule has 1 aliphatic rings. The smallest absolute Gasteiger partial charge is 0.255 e. The largest absolute Gasteiger partial charge is 0.326 e. The first-order valence-electron chi connectivity index (χ1n) is 7.23. The number of hydrogen-bond donors (Lipinski definition) is 2. The average Bonchev–Trinajstić information content (AvgIpc) is 2.70. The molecule has 0 fully saturated rings. The summed E-state index contributed by atoms with van der Waals surface area (Å²) in [6.07, 6.45) is 1.77. The zero-order valence-corrected chi connectivity index (χ0v) is 12.2. The lowest BCUT2D eigenvalue weighted by Crippen LogP contribution is -2.15. The van der Waals surface area contributed by atoms with Crippen LogP contribution in [0.5, 0.6) is 0 Å². The quantitative estimate of drug-likeness (QED) is 0.891. The number of anilines is 2. The summed E-state index contributed by atoms with van der Waals surface area (Å²) in [5.41, 5.74) is 1.31. The van der Waals surface area contributed by atoms with Gasteiger partial charge in [-0.05, 0) is 48.7 Å². The van der Waals surface area contributed by atoms with Gasteiger partial charge in [0.15, 0.2) is 0 Å². The van der Waals surface area contributed by atoms with Crippen molar-refractivity contribution in [2.24, 2.45) is 0 Å². The van der Waals surface area contributed by atoms with E-state index in [4.69, 9.17) is 0 Å². The lowest BCUT2D eigenvalue weighted by molar-refractivity contribution is -0.116. The molecule has 2 aromatic rings. The van der Waals surface area contributed by atoms with Crippen LogP contribution in [0.2, 0.25) is 0 Å². The minimum atomic E-state index is -0.833. The molecule has 0 saturated carbocycles. The van der Waals surface area contributed by atoms with Crippen LogP contribution in [-0.4, -0.2) is 11.8 Å². The first-order chi connectivity index (χ1) is 11.0. The summed E-state index contributed by atoms with van der Waals surface area (Å²) in [5.74, 6) is -2.33. The molecule has 4 nitrogen and oxygen atoms in total. The summed E-state index contributed by atoms with van der Waals surface area (Å²) >= 11 is 0. The van der Waals surface area contributed by atoms with Crippen LogP contribution in [0.15, 0.2) is 36.4 Å². The highest BCUT2D eigenvalue weighted by molar-refractivity contribution is 6.05. The summed E-state index contributed by atoms with van der Waals surface area (Å²) in [7, 11) is 0. The Balaban J connectivity index is 1.86. The molecule has 2 aromatic carbocycles. The standard InChI is InChI=1S/C17H14F2N2O2/c18-12-4-2-5-13(19)16(12)21-17(23)11-7-8-14-10(9-11)3-1-6-15(22)20-14/h2,4-5,7-9H,1,3,6H2,(H,20,22)(H,21,23). The third-order valence-corrected chi connectivity index (χ3v) is 3.69. The Bertz CT molecular complexity index is 770. The number of nitrogens with one attached hydrogen (secondary N) is 2. The summed E-state index contributed by atoms with van der Waals surface area (Å²) in [6, 6.07) is 8.15. The van der Waals surface area contributed by atoms with Crippen LogP contribution >= 0.6 is 0 Å². The molecular weight excluding hydrogens is 302 g/mol. The van der Waals surface area contributed by atoms with Gasteiger partial charge >= 0.3 is 0 Å². The highest BCUT2D eigenvalue weighted by atomic mass is 19.1. The number of para-hydroxylation sites is 1. The molecule has 118 valence electrons. The third kappa shape index (κ3) is 3.21. The van der Waals surface area contributed by atoms with Gasteiger partial charge in [-0.15, -0.1) is 0 Å². The molecule has 1 heterocycles. The van der Waals surface area contributed by atoms with E-state index in [-0.39, 0.29) is 11.5 Å². The van der Waals surface area contributed by atoms with Gasteiger partial charge in [-0.25, -0.2) is 8.78 Å². The van der Waals surface area contributed by atoms with Crippen molar-refractivity contribution in [1.82, 2.24) is 0 Å². The van der Waals surface area contributed by atoms with E-state index in [9.17, 15) is 18.4 Å². The highest BCUT2D eigenvalue weighted by Gasteiger charge is 2.17. The van der Waals surface area contributed by atoms with E-state index >= 15 is 0 Å². The zero-order valence-electron chi connectivity index (χ0n) is 12.2. The van der Waals surface area contributed by atoms with Crippen molar-refractivity contribution in [3.8, 4) is 0 Å². The predicted octanol–water partition coefficient (Wildman–Crippen LogP) is 3.49. The van der Waals surface area contributed by atoms with Gasteiger partial charge in [0.2, 0.25) is 5.91 Å². The molecular formula is C17H14F2N2O2. The number of amides is 2. The summed E-state index contributed by atoms with van der Waals surface area (Å²) in [5, 5.41) is 5.02. The van der Waals surface area contributed by atoms with Gasteiger partial charge in [0.05, 0.1) is 0 Å². The van der Waals surface area contributed by atoms with E-state index in [0.717, 1.165) is 17.7 Å². The molecule has 0 bridgehead atoms. The number of benzene rings is 2. The minimum Gasteiger partial charge on any atom is -0.326 e. The maximum Gasteiger partial charge on any atom is 0.255 e. The van der Waals surface area contributed by atoms with Crippen molar-refractivity contribution in [3.63, 3.8) is 0 Å². The fourth-order valence-corrected chi connectivity index (χ4v) is 2.52. The van der Waals surface area contributed by atoms with Gasteiger partial charge in [-0.1, -0.05) is 6.07 Å². The molecule has 23 heavy (non-hydrogen) atoms. The molecule has 2 N–H and O–H groups in total. The van der Waals surface area contributed by atoms with Gasteiger partial charge in [-0.2, -0.15) is 0 Å². The molecule has 0 saturated heterocycles. The third-order valence-electron chi connectivity index (χ3n) is 3.69. The Morgan fingerprint density at radius 1 is 1.09 bits per heavy atom. The molecule has 0 atom stereocenters. The second-order valence-electron chi connectivity index (χ2n) is 5.32. The highest BCUT2D eigenvalue weighted by Crippen LogP contribution is 2.24. The molecule has 0 spiro atoms. The number of halogens is 2. The summed E-state index contributed by atoms with van der Waals surface area (Å²) in [6.45, 7) is 0. The van der Waals surface area contributed by atoms with Crippen LogP contribution in [0.25, 0.3) is 0 Å². The second kappa shape index (κ2) is 6.16. The van der Waals surface area contributed by atoms with E-state index in [1.165, 1.54) is 12.1 Å². The number of hydrogen-bond acceptors (Lipinski definition) is 2.